The van der Waals surface area contributed by atoms with Crippen LogP contribution in [-0.2, 0) is 0 Å². The van der Waals surface area contributed by atoms with Crippen molar-refractivity contribution in [3.05, 3.63) is 70.4 Å². The summed E-state index contributed by atoms with van der Waals surface area (Å²) in [6, 6.07) is 0. The maximum atomic E-state index is 4.07. The molecule has 0 saturated heterocycles. The van der Waals surface area contributed by atoms with Gasteiger partial charge in [-0.05, 0) is 119 Å². The first-order valence-electron chi connectivity index (χ1n) is 12.5. The van der Waals surface area contributed by atoms with Crippen molar-refractivity contribution in [1.82, 2.24) is 0 Å². The summed E-state index contributed by atoms with van der Waals surface area (Å²) in [7, 11) is 0. The zero-order chi connectivity index (χ0) is 23.6. The van der Waals surface area contributed by atoms with Crippen LogP contribution in [0.25, 0.3) is 0 Å². The Morgan fingerprint density at radius 1 is 0.548 bits per heavy atom. The highest BCUT2D eigenvalue weighted by atomic mass is 14.1. The summed E-state index contributed by atoms with van der Waals surface area (Å²) in [4.78, 5) is 0. The molecule has 0 aliphatic rings. The highest BCUT2D eigenvalue weighted by molar-refractivity contribution is 5.07. The maximum Gasteiger partial charge on any atom is -0.0234 e. The predicted molar refractivity (Wildman–Crippen MR) is 145 cm³/mol. The van der Waals surface area contributed by atoms with Gasteiger partial charge in [-0.15, -0.1) is 0 Å². The van der Waals surface area contributed by atoms with Gasteiger partial charge in [0.05, 0.1) is 0 Å². The van der Waals surface area contributed by atoms with E-state index in [1.807, 2.05) is 0 Å². The topological polar surface area (TPSA) is 0 Å². The minimum Gasteiger partial charge on any atom is -0.0999 e. The third-order valence-corrected chi connectivity index (χ3v) is 6.12. The van der Waals surface area contributed by atoms with Gasteiger partial charge in [0.15, 0.2) is 0 Å². The third kappa shape index (κ3) is 18.9. The standard InChI is InChI=1S/C31H52/c1-25(2)15-12-18-29(7)21-13-19-27(5)16-10-11-17-28(6)20-14-22-30(8)23-24-31(9)26(3)4/h15-17,21-22,31H,3,10-14,18-20,23-24H2,1-2,4-9H3/b27-16+,28-17+,29-21+,30-22+. The minimum absolute atomic E-state index is 0.633. The van der Waals surface area contributed by atoms with Crippen LogP contribution in [0.5, 0.6) is 0 Å². The van der Waals surface area contributed by atoms with E-state index in [0.717, 1.165) is 0 Å². The Labute approximate surface area is 196 Å². The molecule has 0 aliphatic carbocycles. The minimum atomic E-state index is 0.633. The molecule has 0 aromatic carbocycles. The van der Waals surface area contributed by atoms with Crippen molar-refractivity contribution < 1.29 is 0 Å². The van der Waals surface area contributed by atoms with Crippen LogP contribution >= 0.6 is 0 Å². The lowest BCUT2D eigenvalue weighted by atomic mass is 9.96. The summed E-state index contributed by atoms with van der Waals surface area (Å²) >= 11 is 0. The fourth-order valence-corrected chi connectivity index (χ4v) is 3.44. The fourth-order valence-electron chi connectivity index (χ4n) is 3.44. The van der Waals surface area contributed by atoms with E-state index in [2.05, 4.69) is 92.3 Å². The molecule has 0 saturated carbocycles. The van der Waals surface area contributed by atoms with Crippen LogP contribution in [0.1, 0.15) is 120 Å². The predicted octanol–water partition coefficient (Wildman–Crippen LogP) is 10.9. The number of hydrogen-bond donors (Lipinski definition) is 0. The van der Waals surface area contributed by atoms with Crippen LogP contribution in [0.3, 0.4) is 0 Å². The zero-order valence-electron chi connectivity index (χ0n) is 22.2. The maximum absolute atomic E-state index is 4.07. The first kappa shape index (κ1) is 29.4. The Kier molecular flexibility index (Phi) is 17.1. The second-order valence-corrected chi connectivity index (χ2v) is 9.96. The van der Waals surface area contributed by atoms with Gasteiger partial charge in [0.25, 0.3) is 0 Å². The number of rotatable bonds is 16. The Morgan fingerprint density at radius 2 is 0.903 bits per heavy atom. The van der Waals surface area contributed by atoms with E-state index in [4.69, 9.17) is 0 Å². The summed E-state index contributed by atoms with van der Waals surface area (Å²) in [5.74, 6) is 0.633. The van der Waals surface area contributed by atoms with Crippen LogP contribution < -0.4 is 0 Å². The normalized spacial score (nSPS) is 14.6. The Bertz CT molecular complexity index is 656. The Balaban J connectivity index is 4.08. The molecular weight excluding hydrogens is 372 g/mol. The Morgan fingerprint density at radius 3 is 1.29 bits per heavy atom. The molecule has 0 heterocycles. The van der Waals surface area contributed by atoms with Crippen molar-refractivity contribution in [3.63, 3.8) is 0 Å². The van der Waals surface area contributed by atoms with Crippen molar-refractivity contribution in [1.29, 1.82) is 0 Å². The first-order chi connectivity index (χ1) is 14.6. The van der Waals surface area contributed by atoms with Crippen LogP contribution in [0.2, 0.25) is 0 Å². The molecule has 176 valence electrons. The van der Waals surface area contributed by atoms with Crippen LogP contribution in [0.4, 0.5) is 0 Å². The average Bonchev–Trinajstić information content (AvgIpc) is 2.69. The van der Waals surface area contributed by atoms with E-state index in [9.17, 15) is 0 Å². The van der Waals surface area contributed by atoms with Gasteiger partial charge in [0.1, 0.15) is 0 Å². The second-order valence-electron chi connectivity index (χ2n) is 9.96. The van der Waals surface area contributed by atoms with Crippen molar-refractivity contribution in [2.45, 2.75) is 120 Å². The van der Waals surface area contributed by atoms with Gasteiger partial charge in [-0.25, -0.2) is 0 Å². The van der Waals surface area contributed by atoms with Crippen LogP contribution in [-0.4, -0.2) is 0 Å². The van der Waals surface area contributed by atoms with Crippen molar-refractivity contribution in [3.8, 4) is 0 Å². The lowest BCUT2D eigenvalue weighted by Crippen LogP contribution is -1.95. The monoisotopic (exact) mass is 424 g/mol. The quantitative estimate of drug-likeness (QED) is 0.171. The van der Waals surface area contributed by atoms with Gasteiger partial charge in [-0.2, -0.15) is 0 Å². The molecule has 0 nitrogen and oxygen atoms in total. The van der Waals surface area contributed by atoms with Gasteiger partial charge in [0.2, 0.25) is 0 Å². The zero-order valence-corrected chi connectivity index (χ0v) is 22.2. The highest BCUT2D eigenvalue weighted by Crippen LogP contribution is 2.19. The molecule has 0 rings (SSSR count). The molecule has 0 radical (unpaired) electrons. The van der Waals surface area contributed by atoms with Gasteiger partial charge in [0, 0.05) is 0 Å². The smallest absolute Gasteiger partial charge is 0.0234 e. The first-order valence-corrected chi connectivity index (χ1v) is 12.5. The Hall–Kier alpha value is -1.56. The molecule has 0 amide bonds. The second kappa shape index (κ2) is 18.1. The molecule has 0 aromatic rings. The largest absolute Gasteiger partial charge is 0.0999 e. The molecule has 0 N–H and O–H groups in total. The lowest BCUT2D eigenvalue weighted by Gasteiger charge is -2.10. The van der Waals surface area contributed by atoms with E-state index in [1.54, 1.807) is 0 Å². The average molecular weight is 425 g/mol. The fraction of sp³-hybridized carbons (Fsp3) is 0.613. The summed E-state index contributed by atoms with van der Waals surface area (Å²) in [5.41, 5.74) is 8.84. The molecule has 0 heteroatoms. The van der Waals surface area contributed by atoms with E-state index in [0.29, 0.717) is 5.92 Å². The van der Waals surface area contributed by atoms with Gasteiger partial charge >= 0.3 is 0 Å². The molecule has 1 atom stereocenters. The number of unbranched alkanes of at least 4 members (excludes halogenated alkanes) is 1. The van der Waals surface area contributed by atoms with E-state index in [-0.39, 0.29) is 0 Å². The number of allylic oxidation sites excluding steroid dienone is 11. The third-order valence-electron chi connectivity index (χ3n) is 6.12. The SMILES string of the molecule is C=C(C)C(C)CC/C(C)=C/CC/C(C)=C/CC/C=C(\C)CC/C=C(\C)CCC=C(C)C. The van der Waals surface area contributed by atoms with Crippen LogP contribution in [0, 0.1) is 5.92 Å². The van der Waals surface area contributed by atoms with E-state index < -0.39 is 0 Å². The summed E-state index contributed by atoms with van der Waals surface area (Å²) in [5, 5.41) is 0. The molecule has 0 bridgehead atoms. The lowest BCUT2D eigenvalue weighted by molar-refractivity contribution is 0.611. The van der Waals surface area contributed by atoms with Crippen LogP contribution in [0.15, 0.2) is 70.4 Å². The van der Waals surface area contributed by atoms with Gasteiger partial charge in [-0.1, -0.05) is 77.3 Å². The van der Waals surface area contributed by atoms with Crippen molar-refractivity contribution in [2.24, 2.45) is 5.92 Å². The van der Waals surface area contributed by atoms with Gasteiger partial charge in [-0.3, -0.25) is 0 Å². The highest BCUT2D eigenvalue weighted by Gasteiger charge is 2.02. The number of hydrogen-bond acceptors (Lipinski definition) is 0. The van der Waals surface area contributed by atoms with E-state index >= 15 is 0 Å². The molecule has 1 unspecified atom stereocenters. The molecule has 0 aliphatic heterocycles. The molecule has 31 heavy (non-hydrogen) atoms. The van der Waals surface area contributed by atoms with Crippen molar-refractivity contribution >= 4 is 0 Å². The summed E-state index contributed by atoms with van der Waals surface area (Å²) in [6.07, 6.45) is 23.9. The summed E-state index contributed by atoms with van der Waals surface area (Å²) in [6.45, 7) is 21.9. The molecule has 0 fully saturated rings. The molecular formula is C31H52. The van der Waals surface area contributed by atoms with Crippen molar-refractivity contribution in [2.75, 3.05) is 0 Å². The molecule has 0 spiro atoms. The molecule has 0 aromatic heterocycles. The summed E-state index contributed by atoms with van der Waals surface area (Å²) < 4.78 is 0. The van der Waals surface area contributed by atoms with Gasteiger partial charge < -0.3 is 0 Å². The van der Waals surface area contributed by atoms with E-state index in [1.165, 1.54) is 97.6 Å².